The minimum Gasteiger partial charge on any atom is -0.294 e. The summed E-state index contributed by atoms with van der Waals surface area (Å²) in [7, 11) is 0. The van der Waals surface area contributed by atoms with Crippen molar-refractivity contribution < 1.29 is 4.79 Å². The predicted molar refractivity (Wildman–Crippen MR) is 74.2 cm³/mol. The number of halogens is 1. The van der Waals surface area contributed by atoms with Gasteiger partial charge < -0.3 is 0 Å². The lowest BCUT2D eigenvalue weighted by Gasteiger charge is -2.27. The number of benzene rings is 1. The molecule has 1 nitrogen and oxygen atoms in total. The van der Waals surface area contributed by atoms with Crippen molar-refractivity contribution >= 4 is 21.7 Å². The van der Waals surface area contributed by atoms with E-state index in [-0.39, 0.29) is 5.92 Å². The summed E-state index contributed by atoms with van der Waals surface area (Å²) in [5.74, 6) is 1.34. The third-order valence-corrected chi connectivity index (χ3v) is 4.33. The van der Waals surface area contributed by atoms with Gasteiger partial charge in [-0.3, -0.25) is 4.79 Å². The first kappa shape index (κ1) is 12.8. The second-order valence-electron chi connectivity index (χ2n) is 5.01. The molecule has 1 fully saturated rings. The maximum atomic E-state index is 12.4. The quantitative estimate of drug-likeness (QED) is 0.729. The van der Waals surface area contributed by atoms with Crippen molar-refractivity contribution in [3.63, 3.8) is 0 Å². The van der Waals surface area contributed by atoms with E-state index >= 15 is 0 Å². The molecule has 0 heterocycles. The van der Waals surface area contributed by atoms with Crippen LogP contribution in [0.1, 0.15) is 49.4 Å². The zero-order chi connectivity index (χ0) is 12.3. The Morgan fingerprint density at radius 2 is 2.24 bits per heavy atom. The average Bonchev–Trinajstić information content (AvgIpc) is 2.38. The topological polar surface area (TPSA) is 17.1 Å². The van der Waals surface area contributed by atoms with Crippen molar-refractivity contribution in [2.45, 2.75) is 39.0 Å². The molecule has 0 amide bonds. The van der Waals surface area contributed by atoms with Crippen LogP contribution in [0.3, 0.4) is 0 Å². The number of hydrogen-bond donors (Lipinski definition) is 0. The van der Waals surface area contributed by atoms with Gasteiger partial charge in [0.15, 0.2) is 5.78 Å². The summed E-state index contributed by atoms with van der Waals surface area (Å²) < 4.78 is 0.992. The molecule has 2 heteroatoms. The number of Topliss-reactive ketones (excluding diaryl/α,β-unsaturated/α-hetero) is 1. The van der Waals surface area contributed by atoms with Crippen molar-refractivity contribution in [2.75, 3.05) is 0 Å². The van der Waals surface area contributed by atoms with Crippen LogP contribution in [0.15, 0.2) is 28.7 Å². The Morgan fingerprint density at radius 1 is 1.41 bits per heavy atom. The molecule has 2 atom stereocenters. The molecule has 1 aromatic carbocycles. The van der Waals surface area contributed by atoms with E-state index in [4.69, 9.17) is 0 Å². The predicted octanol–water partition coefficient (Wildman–Crippen LogP) is 4.85. The fourth-order valence-corrected chi connectivity index (χ4v) is 3.18. The molecule has 0 aliphatic heterocycles. The molecule has 1 aliphatic rings. The van der Waals surface area contributed by atoms with Crippen LogP contribution in [0, 0.1) is 11.8 Å². The molecule has 0 bridgehead atoms. The fraction of sp³-hybridized carbons (Fsp3) is 0.533. The van der Waals surface area contributed by atoms with Gasteiger partial charge in [0.25, 0.3) is 0 Å². The van der Waals surface area contributed by atoms with Gasteiger partial charge in [-0.25, -0.2) is 0 Å². The van der Waals surface area contributed by atoms with E-state index in [0.29, 0.717) is 5.78 Å². The van der Waals surface area contributed by atoms with Gasteiger partial charge in [0, 0.05) is 16.0 Å². The van der Waals surface area contributed by atoms with E-state index in [0.717, 1.165) is 28.8 Å². The van der Waals surface area contributed by atoms with Crippen molar-refractivity contribution in [1.82, 2.24) is 0 Å². The van der Waals surface area contributed by atoms with Gasteiger partial charge in [0.2, 0.25) is 0 Å². The summed E-state index contributed by atoms with van der Waals surface area (Å²) in [4.78, 5) is 12.4. The molecule has 1 aliphatic carbocycles. The lowest BCUT2D eigenvalue weighted by molar-refractivity contribution is 0.0862. The van der Waals surface area contributed by atoms with Crippen molar-refractivity contribution in [1.29, 1.82) is 0 Å². The third-order valence-electron chi connectivity index (χ3n) is 3.84. The van der Waals surface area contributed by atoms with Crippen LogP contribution in [-0.2, 0) is 0 Å². The van der Waals surface area contributed by atoms with Crippen LogP contribution in [0.25, 0.3) is 0 Å². The molecule has 17 heavy (non-hydrogen) atoms. The van der Waals surface area contributed by atoms with E-state index in [1.807, 2.05) is 24.3 Å². The highest BCUT2D eigenvalue weighted by Gasteiger charge is 2.26. The van der Waals surface area contributed by atoms with Crippen LogP contribution < -0.4 is 0 Å². The lowest BCUT2D eigenvalue weighted by atomic mass is 9.77. The average molecular weight is 295 g/mol. The molecule has 0 spiro atoms. The van der Waals surface area contributed by atoms with Gasteiger partial charge in [-0.1, -0.05) is 54.2 Å². The molecule has 0 N–H and O–H groups in total. The first-order valence-electron chi connectivity index (χ1n) is 6.50. The number of hydrogen-bond acceptors (Lipinski definition) is 1. The van der Waals surface area contributed by atoms with Gasteiger partial charge in [-0.05, 0) is 30.9 Å². The minimum atomic E-state index is 0.253. The first-order chi connectivity index (χ1) is 8.20. The molecule has 92 valence electrons. The van der Waals surface area contributed by atoms with Crippen LogP contribution in [-0.4, -0.2) is 5.78 Å². The van der Waals surface area contributed by atoms with Crippen LogP contribution in [0.4, 0.5) is 0 Å². The normalized spacial score (nSPS) is 24.6. The maximum absolute atomic E-state index is 12.4. The van der Waals surface area contributed by atoms with E-state index in [1.165, 1.54) is 19.3 Å². The summed E-state index contributed by atoms with van der Waals surface area (Å²) >= 11 is 3.43. The Kier molecular flexibility index (Phi) is 4.38. The van der Waals surface area contributed by atoms with Gasteiger partial charge in [0.1, 0.15) is 0 Å². The molecular weight excluding hydrogens is 276 g/mol. The maximum Gasteiger partial charge on any atom is 0.165 e. The van der Waals surface area contributed by atoms with Crippen LogP contribution in [0.2, 0.25) is 0 Å². The summed E-state index contributed by atoms with van der Waals surface area (Å²) in [5, 5.41) is 0. The van der Waals surface area contributed by atoms with Gasteiger partial charge in [-0.2, -0.15) is 0 Å². The molecule has 1 saturated carbocycles. The summed E-state index contributed by atoms with van der Waals surface area (Å²) in [6, 6.07) is 7.78. The van der Waals surface area contributed by atoms with E-state index in [2.05, 4.69) is 22.9 Å². The highest BCUT2D eigenvalue weighted by molar-refractivity contribution is 9.10. The Bertz CT molecular complexity index is 400. The monoisotopic (exact) mass is 294 g/mol. The number of rotatable bonds is 3. The second-order valence-corrected chi connectivity index (χ2v) is 5.93. The number of carbonyl (C=O) groups excluding carboxylic acids is 1. The molecular formula is C15H19BrO. The van der Waals surface area contributed by atoms with Crippen LogP contribution >= 0.6 is 15.9 Å². The summed E-state index contributed by atoms with van der Waals surface area (Å²) in [6.45, 7) is 2.23. The highest BCUT2D eigenvalue weighted by atomic mass is 79.9. The largest absolute Gasteiger partial charge is 0.294 e. The molecule has 2 unspecified atom stereocenters. The number of carbonyl (C=O) groups is 1. The molecule has 0 saturated heterocycles. The molecule has 0 aromatic heterocycles. The highest BCUT2D eigenvalue weighted by Crippen LogP contribution is 2.33. The minimum absolute atomic E-state index is 0.253. The van der Waals surface area contributed by atoms with Crippen molar-refractivity contribution in [3.05, 3.63) is 34.3 Å². The molecule has 2 rings (SSSR count). The van der Waals surface area contributed by atoms with Gasteiger partial charge in [-0.15, -0.1) is 0 Å². The van der Waals surface area contributed by atoms with Gasteiger partial charge >= 0.3 is 0 Å². The molecule has 0 radical (unpaired) electrons. The first-order valence-corrected chi connectivity index (χ1v) is 7.29. The molecule has 1 aromatic rings. The Morgan fingerprint density at radius 3 is 2.94 bits per heavy atom. The van der Waals surface area contributed by atoms with E-state index in [1.54, 1.807) is 0 Å². The summed E-state index contributed by atoms with van der Waals surface area (Å²) in [6.07, 6.45) is 5.88. The van der Waals surface area contributed by atoms with E-state index in [9.17, 15) is 4.79 Å². The van der Waals surface area contributed by atoms with Crippen LogP contribution in [0.5, 0.6) is 0 Å². The standard InChI is InChI=1S/C15H19BrO/c1-2-11-5-3-6-12(9-11)15(17)13-7-4-8-14(16)10-13/h4,7-8,10-12H,2-3,5-6,9H2,1H3. The smallest absolute Gasteiger partial charge is 0.165 e. The second kappa shape index (κ2) is 5.81. The lowest BCUT2D eigenvalue weighted by Crippen LogP contribution is -2.22. The van der Waals surface area contributed by atoms with Crippen molar-refractivity contribution in [2.24, 2.45) is 11.8 Å². The SMILES string of the molecule is CCC1CCCC(C(=O)c2cccc(Br)c2)C1. The van der Waals surface area contributed by atoms with E-state index < -0.39 is 0 Å². The third kappa shape index (κ3) is 3.19. The fourth-order valence-electron chi connectivity index (χ4n) is 2.78. The Balaban J connectivity index is 2.09. The summed E-state index contributed by atoms with van der Waals surface area (Å²) in [5.41, 5.74) is 0.862. The van der Waals surface area contributed by atoms with Gasteiger partial charge in [0.05, 0.1) is 0 Å². The Hall–Kier alpha value is -0.630. The Labute approximate surface area is 112 Å². The van der Waals surface area contributed by atoms with Crippen molar-refractivity contribution in [3.8, 4) is 0 Å². The zero-order valence-corrected chi connectivity index (χ0v) is 11.9. The number of ketones is 1. The zero-order valence-electron chi connectivity index (χ0n) is 10.3.